The molecule has 2 aromatic heterocycles. The first-order chi connectivity index (χ1) is 13.0. The van der Waals surface area contributed by atoms with E-state index in [1.165, 1.54) is 24.3 Å². The number of imidazole rings is 1. The molecule has 138 valence electrons. The first-order valence-electron chi connectivity index (χ1n) is 8.01. The number of hydrogen-bond acceptors (Lipinski definition) is 4. The van der Waals surface area contributed by atoms with E-state index in [0.717, 1.165) is 5.56 Å². The Balaban J connectivity index is 1.50. The highest BCUT2D eigenvalue weighted by Gasteiger charge is 2.09. The topological polar surface area (TPSA) is 72.7 Å². The van der Waals surface area contributed by atoms with E-state index in [1.54, 1.807) is 28.8 Å². The second-order valence-corrected chi connectivity index (χ2v) is 5.92. The summed E-state index contributed by atoms with van der Waals surface area (Å²) in [6, 6.07) is 11.1. The molecule has 0 atom stereocenters. The fraction of sp³-hybridized carbons (Fsp3) is 0.105. The van der Waals surface area contributed by atoms with Crippen molar-refractivity contribution in [1.82, 2.24) is 14.7 Å². The van der Waals surface area contributed by atoms with Crippen LogP contribution in [-0.4, -0.2) is 27.9 Å². The SMILES string of the molecule is O=C(COC(=O)/C=C/c1c(Cl)nc2ccccn12)NCc1ccc(F)cc1. The van der Waals surface area contributed by atoms with E-state index in [1.807, 2.05) is 12.1 Å². The van der Waals surface area contributed by atoms with Gasteiger partial charge in [-0.25, -0.2) is 14.2 Å². The molecule has 0 unspecified atom stereocenters. The van der Waals surface area contributed by atoms with Crippen LogP contribution < -0.4 is 5.32 Å². The van der Waals surface area contributed by atoms with Gasteiger partial charge in [0.1, 0.15) is 11.5 Å². The van der Waals surface area contributed by atoms with Crippen molar-refractivity contribution < 1.29 is 18.7 Å². The maximum Gasteiger partial charge on any atom is 0.331 e. The maximum atomic E-state index is 12.8. The van der Waals surface area contributed by atoms with Crippen molar-refractivity contribution in [1.29, 1.82) is 0 Å². The Kier molecular flexibility index (Phi) is 5.83. The highest BCUT2D eigenvalue weighted by molar-refractivity contribution is 6.31. The molecular formula is C19H15ClFN3O3. The molecule has 0 radical (unpaired) electrons. The third-order valence-electron chi connectivity index (χ3n) is 3.65. The molecule has 0 saturated heterocycles. The molecule has 1 amide bonds. The largest absolute Gasteiger partial charge is 0.452 e. The molecule has 0 aliphatic rings. The minimum absolute atomic E-state index is 0.212. The van der Waals surface area contributed by atoms with E-state index in [-0.39, 0.29) is 17.5 Å². The second kappa shape index (κ2) is 8.46. The molecular weight excluding hydrogens is 373 g/mol. The molecule has 0 bridgehead atoms. The summed E-state index contributed by atoms with van der Waals surface area (Å²) in [4.78, 5) is 27.7. The monoisotopic (exact) mass is 387 g/mol. The number of carbonyl (C=O) groups excluding carboxylic acids is 2. The van der Waals surface area contributed by atoms with Crippen molar-refractivity contribution in [3.8, 4) is 0 Å². The lowest BCUT2D eigenvalue weighted by Gasteiger charge is -2.05. The summed E-state index contributed by atoms with van der Waals surface area (Å²) in [7, 11) is 0. The molecule has 3 aromatic rings. The number of fused-ring (bicyclic) bond motifs is 1. The van der Waals surface area contributed by atoms with Crippen LogP contribution in [0.25, 0.3) is 11.7 Å². The number of amides is 1. The molecule has 3 rings (SSSR count). The Bertz CT molecular complexity index is 999. The Labute approximate surface area is 159 Å². The Morgan fingerprint density at radius 2 is 2.00 bits per heavy atom. The van der Waals surface area contributed by atoms with Gasteiger partial charge in [-0.15, -0.1) is 0 Å². The number of ether oxygens (including phenoxy) is 1. The van der Waals surface area contributed by atoms with Gasteiger partial charge in [0, 0.05) is 18.8 Å². The summed E-state index contributed by atoms with van der Waals surface area (Å²) < 4.78 is 19.4. The van der Waals surface area contributed by atoms with Gasteiger partial charge in [0.25, 0.3) is 5.91 Å². The summed E-state index contributed by atoms with van der Waals surface area (Å²) in [6.45, 7) is -0.213. The zero-order valence-electron chi connectivity index (χ0n) is 14.1. The molecule has 0 fully saturated rings. The van der Waals surface area contributed by atoms with E-state index >= 15 is 0 Å². The van der Waals surface area contributed by atoms with Crippen LogP contribution in [0.3, 0.4) is 0 Å². The van der Waals surface area contributed by atoms with Gasteiger partial charge in [-0.05, 0) is 35.9 Å². The number of carbonyl (C=O) groups is 2. The van der Waals surface area contributed by atoms with Crippen molar-refractivity contribution in [2.24, 2.45) is 0 Å². The molecule has 8 heteroatoms. The first kappa shape index (κ1) is 18.6. The summed E-state index contributed by atoms with van der Waals surface area (Å²) in [6.07, 6.45) is 4.42. The fourth-order valence-corrected chi connectivity index (χ4v) is 2.56. The molecule has 6 nitrogen and oxygen atoms in total. The number of rotatable bonds is 6. The van der Waals surface area contributed by atoms with Crippen LogP contribution in [0.5, 0.6) is 0 Å². The molecule has 0 aliphatic carbocycles. The van der Waals surface area contributed by atoms with Gasteiger partial charge in [0.15, 0.2) is 11.8 Å². The number of hydrogen-bond donors (Lipinski definition) is 1. The van der Waals surface area contributed by atoms with Crippen molar-refractivity contribution in [2.75, 3.05) is 6.61 Å². The number of halogens is 2. The highest BCUT2D eigenvalue weighted by Crippen LogP contribution is 2.18. The van der Waals surface area contributed by atoms with Crippen LogP contribution in [0.1, 0.15) is 11.3 Å². The predicted octanol–water partition coefficient (Wildman–Crippen LogP) is 3.00. The van der Waals surface area contributed by atoms with Gasteiger partial charge in [0.2, 0.25) is 0 Å². The standard InChI is InChI=1S/C19H15ClFN3O3/c20-19-15(24-10-2-1-3-16(24)23-19)8-9-18(26)27-12-17(25)22-11-13-4-6-14(21)7-5-13/h1-10H,11-12H2,(H,22,25)/b9-8+. The van der Waals surface area contributed by atoms with Gasteiger partial charge in [-0.1, -0.05) is 29.8 Å². The van der Waals surface area contributed by atoms with E-state index in [9.17, 15) is 14.0 Å². The Hall–Kier alpha value is -3.19. The number of aromatic nitrogens is 2. The van der Waals surface area contributed by atoms with Crippen molar-refractivity contribution in [2.45, 2.75) is 6.54 Å². The van der Waals surface area contributed by atoms with E-state index in [4.69, 9.17) is 16.3 Å². The van der Waals surface area contributed by atoms with E-state index in [2.05, 4.69) is 10.3 Å². The van der Waals surface area contributed by atoms with Crippen LogP contribution in [-0.2, 0) is 20.9 Å². The van der Waals surface area contributed by atoms with Crippen LogP contribution >= 0.6 is 11.6 Å². The number of nitrogens with one attached hydrogen (secondary N) is 1. The zero-order chi connectivity index (χ0) is 19.2. The van der Waals surface area contributed by atoms with Gasteiger partial charge >= 0.3 is 5.97 Å². The van der Waals surface area contributed by atoms with Gasteiger partial charge in [0.05, 0.1) is 5.69 Å². The summed E-state index contributed by atoms with van der Waals surface area (Å²) in [5.74, 6) is -1.50. The average molecular weight is 388 g/mol. The second-order valence-electron chi connectivity index (χ2n) is 5.56. The minimum Gasteiger partial charge on any atom is -0.452 e. The van der Waals surface area contributed by atoms with Crippen molar-refractivity contribution in [3.63, 3.8) is 0 Å². The lowest BCUT2D eigenvalue weighted by Crippen LogP contribution is -2.28. The number of esters is 1. The van der Waals surface area contributed by atoms with Crippen LogP contribution in [0.15, 0.2) is 54.7 Å². The molecule has 0 spiro atoms. The molecule has 2 heterocycles. The van der Waals surface area contributed by atoms with Crippen LogP contribution in [0.2, 0.25) is 5.15 Å². The third-order valence-corrected chi connectivity index (χ3v) is 3.93. The first-order valence-corrected chi connectivity index (χ1v) is 8.39. The van der Waals surface area contributed by atoms with Crippen LogP contribution in [0.4, 0.5) is 4.39 Å². The highest BCUT2D eigenvalue weighted by atomic mass is 35.5. The quantitative estimate of drug-likeness (QED) is 0.521. The third kappa shape index (κ3) is 4.92. The number of pyridine rings is 1. The summed E-state index contributed by atoms with van der Waals surface area (Å²) in [5.41, 5.74) is 1.92. The average Bonchev–Trinajstić information content (AvgIpc) is 2.99. The predicted molar refractivity (Wildman–Crippen MR) is 98.4 cm³/mol. The molecule has 27 heavy (non-hydrogen) atoms. The maximum absolute atomic E-state index is 12.8. The Morgan fingerprint density at radius 1 is 1.22 bits per heavy atom. The van der Waals surface area contributed by atoms with E-state index < -0.39 is 18.5 Å². The minimum atomic E-state index is -0.686. The summed E-state index contributed by atoms with van der Waals surface area (Å²) >= 11 is 6.06. The van der Waals surface area contributed by atoms with Gasteiger partial charge in [-0.3, -0.25) is 9.20 Å². The number of nitrogens with zero attached hydrogens (tertiary/aromatic N) is 2. The van der Waals surface area contributed by atoms with Crippen molar-refractivity contribution in [3.05, 3.63) is 77.0 Å². The molecule has 0 aliphatic heterocycles. The number of benzene rings is 1. The summed E-state index contributed by atoms with van der Waals surface area (Å²) in [5, 5.41) is 2.83. The smallest absolute Gasteiger partial charge is 0.331 e. The fourth-order valence-electron chi connectivity index (χ4n) is 2.32. The molecule has 1 aromatic carbocycles. The zero-order valence-corrected chi connectivity index (χ0v) is 14.8. The molecule has 1 N–H and O–H groups in total. The van der Waals surface area contributed by atoms with E-state index in [0.29, 0.717) is 11.3 Å². The van der Waals surface area contributed by atoms with Gasteiger partial charge < -0.3 is 10.1 Å². The van der Waals surface area contributed by atoms with Crippen LogP contribution in [0, 0.1) is 5.82 Å². The van der Waals surface area contributed by atoms with Crippen molar-refractivity contribution >= 4 is 35.2 Å². The lowest BCUT2D eigenvalue weighted by molar-refractivity contribution is -0.143. The van der Waals surface area contributed by atoms with Gasteiger partial charge in [-0.2, -0.15) is 0 Å². The normalized spacial score (nSPS) is 11.0. The Morgan fingerprint density at radius 3 is 2.78 bits per heavy atom. The lowest BCUT2D eigenvalue weighted by atomic mass is 10.2. The molecule has 0 saturated carbocycles.